The van der Waals surface area contributed by atoms with Crippen LogP contribution in [-0.4, -0.2) is 22.3 Å². The summed E-state index contributed by atoms with van der Waals surface area (Å²) in [6.07, 6.45) is 1.46. The minimum absolute atomic E-state index is 0.270. The summed E-state index contributed by atoms with van der Waals surface area (Å²) >= 11 is 0. The highest BCUT2D eigenvalue weighted by molar-refractivity contribution is 6.03. The lowest BCUT2D eigenvalue weighted by Gasteiger charge is -2.04. The highest BCUT2D eigenvalue weighted by atomic mass is 16.5. The van der Waals surface area contributed by atoms with Crippen molar-refractivity contribution in [2.75, 3.05) is 11.9 Å². The van der Waals surface area contributed by atoms with E-state index < -0.39 is 0 Å². The number of furan rings is 1. The van der Waals surface area contributed by atoms with Crippen LogP contribution in [-0.2, 0) is 7.05 Å². The zero-order valence-electron chi connectivity index (χ0n) is 11.8. The first-order chi connectivity index (χ1) is 10.2. The number of carbonyl (C=O) groups excluding carboxylic acids is 1. The fraction of sp³-hybridized carbons (Fsp3) is 0.200. The lowest BCUT2D eigenvalue weighted by molar-refractivity contribution is 0.0996. The average molecular weight is 285 g/mol. The fourth-order valence-corrected chi connectivity index (χ4v) is 2.16. The molecular weight excluding hydrogens is 270 g/mol. The number of fused-ring (bicyclic) bond motifs is 1. The Morgan fingerprint density at radius 2 is 2.29 bits per heavy atom. The van der Waals surface area contributed by atoms with Crippen LogP contribution in [0.4, 0.5) is 5.69 Å². The number of aryl methyl sites for hydroxylation is 1. The number of carbonyl (C=O) groups is 1. The molecule has 0 aliphatic carbocycles. The van der Waals surface area contributed by atoms with Gasteiger partial charge in [-0.15, -0.1) is 5.10 Å². The smallest absolute Gasteiger partial charge is 0.291 e. The Balaban J connectivity index is 1.93. The number of hydrogen-bond acceptors (Lipinski definition) is 4. The summed E-state index contributed by atoms with van der Waals surface area (Å²) in [5, 5.41) is 7.96. The first-order valence-electron chi connectivity index (χ1n) is 6.63. The molecule has 2 heterocycles. The van der Waals surface area contributed by atoms with Crippen molar-refractivity contribution in [3.8, 4) is 5.88 Å². The number of aromatic nitrogens is 2. The standard InChI is InChI=1S/C15H15N3O3/c1-3-20-15-11-9-10(6-7-12(11)18(2)17-15)16-14(19)13-5-4-8-21-13/h4-9H,3H2,1-2H3,(H,16,19). The second-order valence-electron chi connectivity index (χ2n) is 4.53. The van der Waals surface area contributed by atoms with Gasteiger partial charge in [0.1, 0.15) is 0 Å². The van der Waals surface area contributed by atoms with Gasteiger partial charge in [-0.1, -0.05) is 0 Å². The molecule has 0 aliphatic rings. The van der Waals surface area contributed by atoms with Gasteiger partial charge in [0, 0.05) is 12.7 Å². The normalized spacial score (nSPS) is 10.8. The zero-order chi connectivity index (χ0) is 14.8. The Hall–Kier alpha value is -2.76. The monoisotopic (exact) mass is 285 g/mol. The molecule has 0 radical (unpaired) electrons. The summed E-state index contributed by atoms with van der Waals surface area (Å²) in [6, 6.07) is 8.84. The number of anilines is 1. The predicted molar refractivity (Wildman–Crippen MR) is 78.5 cm³/mol. The third-order valence-electron chi connectivity index (χ3n) is 3.10. The first kappa shape index (κ1) is 13.2. The van der Waals surface area contributed by atoms with E-state index in [1.807, 2.05) is 32.2 Å². The zero-order valence-corrected chi connectivity index (χ0v) is 11.8. The summed E-state index contributed by atoms with van der Waals surface area (Å²) in [6.45, 7) is 2.44. The van der Waals surface area contributed by atoms with Gasteiger partial charge >= 0.3 is 0 Å². The molecule has 21 heavy (non-hydrogen) atoms. The molecule has 6 heteroatoms. The van der Waals surface area contributed by atoms with Gasteiger partial charge in [0.05, 0.1) is 23.8 Å². The number of rotatable bonds is 4. The van der Waals surface area contributed by atoms with Crippen molar-refractivity contribution in [2.45, 2.75) is 6.92 Å². The maximum absolute atomic E-state index is 12.0. The molecule has 1 N–H and O–H groups in total. The van der Waals surface area contributed by atoms with Crippen LogP contribution < -0.4 is 10.1 Å². The van der Waals surface area contributed by atoms with E-state index in [1.165, 1.54) is 6.26 Å². The van der Waals surface area contributed by atoms with E-state index in [4.69, 9.17) is 9.15 Å². The summed E-state index contributed by atoms with van der Waals surface area (Å²) in [4.78, 5) is 12.0. The molecule has 1 amide bonds. The Labute approximate surface area is 121 Å². The molecule has 0 bridgehead atoms. The minimum Gasteiger partial charge on any atom is -0.476 e. The van der Waals surface area contributed by atoms with Gasteiger partial charge in [0.15, 0.2) is 5.76 Å². The van der Waals surface area contributed by atoms with Crippen molar-refractivity contribution in [1.82, 2.24) is 9.78 Å². The summed E-state index contributed by atoms with van der Waals surface area (Å²) in [7, 11) is 1.85. The number of ether oxygens (including phenoxy) is 1. The number of amides is 1. The summed E-state index contributed by atoms with van der Waals surface area (Å²) in [5.41, 5.74) is 1.60. The molecule has 0 fully saturated rings. The average Bonchev–Trinajstić information content (AvgIpc) is 3.09. The van der Waals surface area contributed by atoms with E-state index >= 15 is 0 Å². The van der Waals surface area contributed by atoms with E-state index in [2.05, 4.69) is 10.4 Å². The van der Waals surface area contributed by atoms with Gasteiger partial charge in [0.25, 0.3) is 5.91 Å². The first-order valence-corrected chi connectivity index (χ1v) is 6.63. The lowest BCUT2D eigenvalue weighted by Crippen LogP contribution is -2.10. The van der Waals surface area contributed by atoms with Crippen molar-refractivity contribution in [3.63, 3.8) is 0 Å². The molecule has 2 aromatic heterocycles. The second-order valence-corrected chi connectivity index (χ2v) is 4.53. The van der Waals surface area contributed by atoms with Crippen LogP contribution in [0.25, 0.3) is 10.9 Å². The highest BCUT2D eigenvalue weighted by Gasteiger charge is 2.13. The molecule has 0 unspecified atom stereocenters. The molecule has 108 valence electrons. The molecule has 3 aromatic rings. The topological polar surface area (TPSA) is 69.3 Å². The molecule has 0 aliphatic heterocycles. The van der Waals surface area contributed by atoms with Crippen LogP contribution in [0.1, 0.15) is 17.5 Å². The molecule has 0 spiro atoms. The molecule has 0 saturated carbocycles. The van der Waals surface area contributed by atoms with Crippen LogP contribution in [0, 0.1) is 0 Å². The van der Waals surface area contributed by atoms with Crippen LogP contribution >= 0.6 is 0 Å². The minimum atomic E-state index is -0.291. The summed E-state index contributed by atoms with van der Waals surface area (Å²) < 4.78 is 12.3. The van der Waals surface area contributed by atoms with Crippen molar-refractivity contribution in [2.24, 2.45) is 7.05 Å². The molecule has 6 nitrogen and oxygen atoms in total. The van der Waals surface area contributed by atoms with Crippen LogP contribution in [0.2, 0.25) is 0 Å². The maximum Gasteiger partial charge on any atom is 0.291 e. The maximum atomic E-state index is 12.0. The molecule has 3 rings (SSSR count). The number of nitrogens with zero attached hydrogens (tertiary/aromatic N) is 2. The Morgan fingerprint density at radius 3 is 3.00 bits per heavy atom. The third kappa shape index (κ3) is 2.47. The van der Waals surface area contributed by atoms with Gasteiger partial charge in [0.2, 0.25) is 5.88 Å². The van der Waals surface area contributed by atoms with Gasteiger partial charge < -0.3 is 14.5 Å². The quantitative estimate of drug-likeness (QED) is 0.800. The van der Waals surface area contributed by atoms with E-state index in [1.54, 1.807) is 16.8 Å². The van der Waals surface area contributed by atoms with Gasteiger partial charge in [-0.05, 0) is 37.3 Å². The van der Waals surface area contributed by atoms with Crippen molar-refractivity contribution in [1.29, 1.82) is 0 Å². The van der Waals surface area contributed by atoms with Gasteiger partial charge in [-0.2, -0.15) is 0 Å². The van der Waals surface area contributed by atoms with Crippen molar-refractivity contribution >= 4 is 22.5 Å². The largest absolute Gasteiger partial charge is 0.476 e. The SMILES string of the molecule is CCOc1nn(C)c2ccc(NC(=O)c3ccco3)cc12. The van der Waals surface area contributed by atoms with Crippen molar-refractivity contribution in [3.05, 3.63) is 42.4 Å². The third-order valence-corrected chi connectivity index (χ3v) is 3.10. The van der Waals surface area contributed by atoms with E-state index in [9.17, 15) is 4.79 Å². The van der Waals surface area contributed by atoms with E-state index in [0.29, 0.717) is 18.2 Å². The van der Waals surface area contributed by atoms with E-state index in [-0.39, 0.29) is 11.7 Å². The number of benzene rings is 1. The number of nitrogens with one attached hydrogen (secondary N) is 1. The van der Waals surface area contributed by atoms with Crippen LogP contribution in [0.3, 0.4) is 0 Å². The fourth-order valence-electron chi connectivity index (χ4n) is 2.16. The van der Waals surface area contributed by atoms with Crippen molar-refractivity contribution < 1.29 is 13.9 Å². The molecule has 1 aromatic carbocycles. The predicted octanol–water partition coefficient (Wildman–Crippen LogP) is 2.82. The summed E-state index contributed by atoms with van der Waals surface area (Å²) in [5.74, 6) is 0.539. The Bertz CT molecular complexity index is 775. The highest BCUT2D eigenvalue weighted by Crippen LogP contribution is 2.27. The van der Waals surface area contributed by atoms with Crippen LogP contribution in [0.5, 0.6) is 5.88 Å². The van der Waals surface area contributed by atoms with Crippen LogP contribution in [0.15, 0.2) is 41.0 Å². The Kier molecular flexibility index (Phi) is 3.35. The molecular formula is C15H15N3O3. The van der Waals surface area contributed by atoms with Gasteiger partial charge in [-0.3, -0.25) is 9.48 Å². The number of hydrogen-bond donors (Lipinski definition) is 1. The molecule has 0 saturated heterocycles. The molecule has 0 atom stereocenters. The van der Waals surface area contributed by atoms with Gasteiger partial charge in [-0.25, -0.2) is 0 Å². The lowest BCUT2D eigenvalue weighted by atomic mass is 10.2. The van der Waals surface area contributed by atoms with E-state index in [0.717, 1.165) is 10.9 Å². The Morgan fingerprint density at radius 1 is 1.43 bits per heavy atom. The second kappa shape index (κ2) is 5.32.